The molecule has 2 aromatic rings. The van der Waals surface area contributed by atoms with E-state index >= 15 is 0 Å². The van der Waals surface area contributed by atoms with E-state index in [1.165, 1.54) is 5.56 Å². The van der Waals surface area contributed by atoms with Crippen molar-refractivity contribution < 1.29 is 9.90 Å². The monoisotopic (exact) mass is 251 g/mol. The van der Waals surface area contributed by atoms with Gasteiger partial charge in [0.25, 0.3) is 0 Å². The van der Waals surface area contributed by atoms with Crippen molar-refractivity contribution in [1.29, 1.82) is 0 Å². The molecule has 0 fully saturated rings. The summed E-state index contributed by atoms with van der Waals surface area (Å²) in [6.07, 6.45) is 5.80. The van der Waals surface area contributed by atoms with Crippen molar-refractivity contribution in [2.75, 3.05) is 0 Å². The molecule has 3 heteroatoms. The van der Waals surface area contributed by atoms with Gasteiger partial charge in [-0.15, -0.1) is 0 Å². The van der Waals surface area contributed by atoms with Crippen molar-refractivity contribution in [1.82, 2.24) is 4.98 Å². The van der Waals surface area contributed by atoms with Gasteiger partial charge in [0.1, 0.15) is 0 Å². The van der Waals surface area contributed by atoms with Crippen molar-refractivity contribution >= 4 is 11.5 Å². The highest BCUT2D eigenvalue weighted by Gasteiger charge is 2.16. The molecule has 94 valence electrons. The van der Waals surface area contributed by atoms with Crippen LogP contribution in [-0.4, -0.2) is 16.1 Å². The van der Waals surface area contributed by atoms with E-state index in [2.05, 4.69) is 11.1 Å². The number of rotatable bonds is 2. The van der Waals surface area contributed by atoms with Crippen LogP contribution in [0.3, 0.4) is 0 Å². The lowest BCUT2D eigenvalue weighted by Crippen LogP contribution is -2.05. The minimum absolute atomic E-state index is 0.322. The highest BCUT2D eigenvalue weighted by molar-refractivity contribution is 5.91. The first kappa shape index (κ1) is 11.7. The number of pyridine rings is 1. The molecule has 0 atom stereocenters. The number of carboxylic acid groups (broad SMARTS) is 1. The average molecular weight is 251 g/mol. The first-order valence-electron chi connectivity index (χ1n) is 6.24. The van der Waals surface area contributed by atoms with E-state index in [9.17, 15) is 4.79 Å². The molecular weight excluding hydrogens is 238 g/mol. The molecule has 0 unspecified atom stereocenters. The first-order chi connectivity index (χ1) is 9.25. The maximum Gasteiger partial charge on any atom is 0.335 e. The van der Waals surface area contributed by atoms with E-state index in [-0.39, 0.29) is 0 Å². The Labute approximate surface area is 111 Å². The van der Waals surface area contributed by atoms with Gasteiger partial charge in [-0.05, 0) is 48.2 Å². The smallest absolute Gasteiger partial charge is 0.335 e. The number of nitrogens with zero attached hydrogens (tertiary/aromatic N) is 1. The molecule has 19 heavy (non-hydrogen) atoms. The van der Waals surface area contributed by atoms with Gasteiger partial charge in [0.15, 0.2) is 0 Å². The lowest BCUT2D eigenvalue weighted by atomic mass is 9.87. The van der Waals surface area contributed by atoms with Gasteiger partial charge in [-0.1, -0.05) is 18.2 Å². The normalized spacial score (nSPS) is 13.6. The Morgan fingerprint density at radius 1 is 1.21 bits per heavy atom. The van der Waals surface area contributed by atoms with Crippen LogP contribution in [-0.2, 0) is 6.42 Å². The summed E-state index contributed by atoms with van der Waals surface area (Å²) < 4.78 is 0. The summed E-state index contributed by atoms with van der Waals surface area (Å²) in [4.78, 5) is 15.5. The Morgan fingerprint density at radius 3 is 2.84 bits per heavy atom. The van der Waals surface area contributed by atoms with E-state index in [0.29, 0.717) is 5.56 Å². The molecular formula is C16H13NO2. The largest absolute Gasteiger partial charge is 0.478 e. The molecule has 0 aliphatic heterocycles. The number of aromatic nitrogens is 1. The summed E-state index contributed by atoms with van der Waals surface area (Å²) in [5, 5.41) is 9.11. The lowest BCUT2D eigenvalue weighted by molar-refractivity contribution is 0.0697. The van der Waals surface area contributed by atoms with Gasteiger partial charge in [-0.2, -0.15) is 0 Å². The van der Waals surface area contributed by atoms with Crippen LogP contribution in [0.2, 0.25) is 0 Å². The van der Waals surface area contributed by atoms with Crippen LogP contribution in [0.4, 0.5) is 0 Å². The van der Waals surface area contributed by atoms with E-state index in [1.54, 1.807) is 18.3 Å². The second-order valence-corrected chi connectivity index (χ2v) is 4.55. The third-order valence-electron chi connectivity index (χ3n) is 3.35. The number of hydrogen-bond acceptors (Lipinski definition) is 2. The molecule has 3 rings (SSSR count). The summed E-state index contributed by atoms with van der Waals surface area (Å²) in [6.45, 7) is 0. The van der Waals surface area contributed by atoms with Crippen molar-refractivity contribution in [2.24, 2.45) is 0 Å². The van der Waals surface area contributed by atoms with Crippen molar-refractivity contribution in [3.8, 4) is 0 Å². The Morgan fingerprint density at radius 2 is 2.11 bits per heavy atom. The first-order valence-corrected chi connectivity index (χ1v) is 6.24. The van der Waals surface area contributed by atoms with Crippen LogP contribution in [0.15, 0.2) is 48.7 Å². The summed E-state index contributed by atoms with van der Waals surface area (Å²) >= 11 is 0. The summed E-state index contributed by atoms with van der Waals surface area (Å²) in [5.74, 6) is -0.895. The Kier molecular flexibility index (Phi) is 2.88. The van der Waals surface area contributed by atoms with Gasteiger partial charge in [0, 0.05) is 11.8 Å². The highest BCUT2D eigenvalue weighted by Crippen LogP contribution is 2.31. The fraction of sp³-hybridized carbons (Fsp3) is 0.125. The van der Waals surface area contributed by atoms with Gasteiger partial charge < -0.3 is 5.11 Å². The lowest BCUT2D eigenvalue weighted by Gasteiger charge is -2.18. The topological polar surface area (TPSA) is 50.2 Å². The standard InChI is InChI=1S/C16H13NO2/c18-16(19)12-8-7-11-4-3-5-13(14(11)10-12)15-6-1-2-9-17-15/h1-2,5-10H,3-4H2,(H,18,19). The molecule has 0 saturated heterocycles. The van der Waals surface area contributed by atoms with Crippen molar-refractivity contribution in [3.05, 3.63) is 71.1 Å². The number of carboxylic acids is 1. The second-order valence-electron chi connectivity index (χ2n) is 4.55. The molecule has 0 amide bonds. The average Bonchev–Trinajstić information content (AvgIpc) is 2.47. The number of aromatic carboxylic acids is 1. The predicted molar refractivity (Wildman–Crippen MR) is 73.0 cm³/mol. The molecule has 1 aliphatic rings. The second kappa shape index (κ2) is 4.69. The molecule has 3 nitrogen and oxygen atoms in total. The summed E-state index contributed by atoms with van der Waals surface area (Å²) in [5.41, 5.74) is 4.43. The van der Waals surface area contributed by atoms with E-state index < -0.39 is 5.97 Å². The predicted octanol–water partition coefficient (Wildman–Crippen LogP) is 3.16. The van der Waals surface area contributed by atoms with E-state index in [1.807, 2.05) is 24.3 Å². The molecule has 0 spiro atoms. The van der Waals surface area contributed by atoms with Crippen LogP contribution in [0.1, 0.15) is 33.6 Å². The van der Waals surface area contributed by atoms with Crippen LogP contribution >= 0.6 is 0 Å². The number of benzene rings is 1. The molecule has 0 saturated carbocycles. The molecule has 0 radical (unpaired) electrons. The molecule has 0 bridgehead atoms. The van der Waals surface area contributed by atoms with Gasteiger partial charge >= 0.3 is 5.97 Å². The molecule has 1 aromatic carbocycles. The number of fused-ring (bicyclic) bond motifs is 1. The molecule has 1 heterocycles. The van der Waals surface area contributed by atoms with Crippen LogP contribution in [0.25, 0.3) is 5.57 Å². The third kappa shape index (κ3) is 2.15. The van der Waals surface area contributed by atoms with Gasteiger partial charge in [-0.3, -0.25) is 4.98 Å². The zero-order valence-corrected chi connectivity index (χ0v) is 10.3. The Balaban J connectivity index is 2.13. The SMILES string of the molecule is O=C(O)c1ccc2c(c1)C(c1ccccn1)=CCC2. The Bertz CT molecular complexity index is 660. The summed E-state index contributed by atoms with van der Waals surface area (Å²) in [7, 11) is 0. The zero-order valence-electron chi connectivity index (χ0n) is 10.3. The number of carbonyl (C=O) groups is 1. The van der Waals surface area contributed by atoms with Crippen LogP contribution in [0, 0.1) is 0 Å². The molecule has 1 N–H and O–H groups in total. The van der Waals surface area contributed by atoms with Crippen molar-refractivity contribution in [3.63, 3.8) is 0 Å². The van der Waals surface area contributed by atoms with Crippen LogP contribution in [0.5, 0.6) is 0 Å². The zero-order chi connectivity index (χ0) is 13.2. The van der Waals surface area contributed by atoms with Gasteiger partial charge in [0.05, 0.1) is 11.3 Å². The number of allylic oxidation sites excluding steroid dienone is 1. The maximum atomic E-state index is 11.1. The van der Waals surface area contributed by atoms with Gasteiger partial charge in [-0.25, -0.2) is 4.79 Å². The fourth-order valence-corrected chi connectivity index (χ4v) is 2.42. The van der Waals surface area contributed by atoms with E-state index in [4.69, 9.17) is 5.11 Å². The minimum Gasteiger partial charge on any atom is -0.478 e. The third-order valence-corrected chi connectivity index (χ3v) is 3.35. The number of hydrogen-bond donors (Lipinski definition) is 1. The maximum absolute atomic E-state index is 11.1. The van der Waals surface area contributed by atoms with Crippen LogP contribution < -0.4 is 0 Å². The minimum atomic E-state index is -0.895. The summed E-state index contributed by atoms with van der Waals surface area (Å²) in [6, 6.07) is 11.1. The quantitative estimate of drug-likeness (QED) is 0.892. The van der Waals surface area contributed by atoms with Crippen molar-refractivity contribution in [2.45, 2.75) is 12.8 Å². The fourth-order valence-electron chi connectivity index (χ4n) is 2.42. The van der Waals surface area contributed by atoms with Gasteiger partial charge in [0.2, 0.25) is 0 Å². The number of aryl methyl sites for hydroxylation is 1. The van der Waals surface area contributed by atoms with E-state index in [0.717, 1.165) is 29.7 Å². The molecule has 1 aromatic heterocycles. The highest BCUT2D eigenvalue weighted by atomic mass is 16.4. The Hall–Kier alpha value is -2.42. The molecule has 1 aliphatic carbocycles.